The quantitative estimate of drug-likeness (QED) is 0.733. The zero-order valence-corrected chi connectivity index (χ0v) is 10.8. The molecular weight excluding hydrogens is 259 g/mol. The van der Waals surface area contributed by atoms with Crippen LogP contribution < -0.4 is 11.1 Å². The Hall–Kier alpha value is -2.56. The second-order valence-corrected chi connectivity index (χ2v) is 4.38. The van der Waals surface area contributed by atoms with Crippen molar-refractivity contribution >= 4 is 17.3 Å². The number of halogens is 1. The van der Waals surface area contributed by atoms with Gasteiger partial charge in [0.25, 0.3) is 0 Å². The molecule has 5 heteroatoms. The highest BCUT2D eigenvalue weighted by atomic mass is 19.1. The average Bonchev–Trinajstić information content (AvgIpc) is 2.42. The molecule has 0 atom stereocenters. The van der Waals surface area contributed by atoms with Gasteiger partial charge in [0.15, 0.2) is 0 Å². The van der Waals surface area contributed by atoms with Gasteiger partial charge >= 0.3 is 5.97 Å². The first-order valence-electron chi connectivity index (χ1n) is 6.18. The third-order valence-corrected chi connectivity index (χ3v) is 2.94. The van der Waals surface area contributed by atoms with Gasteiger partial charge in [-0.15, -0.1) is 0 Å². The molecule has 0 aliphatic heterocycles. The Bertz CT molecular complexity index is 629. The molecule has 4 nitrogen and oxygen atoms in total. The van der Waals surface area contributed by atoms with E-state index in [1.165, 1.54) is 12.1 Å². The van der Waals surface area contributed by atoms with Gasteiger partial charge in [0.05, 0.1) is 5.56 Å². The SMILES string of the molecule is Nc1ccc(NCCc2ccccc2F)c(C(=O)O)c1. The maximum Gasteiger partial charge on any atom is 0.337 e. The molecule has 104 valence electrons. The zero-order valence-electron chi connectivity index (χ0n) is 10.8. The molecule has 0 aliphatic rings. The van der Waals surface area contributed by atoms with E-state index in [1.54, 1.807) is 30.3 Å². The fourth-order valence-corrected chi connectivity index (χ4v) is 1.93. The summed E-state index contributed by atoms with van der Waals surface area (Å²) in [5, 5.41) is 12.1. The van der Waals surface area contributed by atoms with Crippen molar-refractivity contribution in [2.45, 2.75) is 6.42 Å². The van der Waals surface area contributed by atoms with Crippen molar-refractivity contribution in [1.29, 1.82) is 0 Å². The van der Waals surface area contributed by atoms with E-state index in [0.717, 1.165) is 0 Å². The number of benzene rings is 2. The van der Waals surface area contributed by atoms with Gasteiger partial charge in [-0.1, -0.05) is 18.2 Å². The number of hydrogen-bond donors (Lipinski definition) is 3. The molecule has 0 aliphatic carbocycles. The maximum absolute atomic E-state index is 13.4. The molecule has 0 fully saturated rings. The van der Waals surface area contributed by atoms with E-state index >= 15 is 0 Å². The van der Waals surface area contributed by atoms with Crippen molar-refractivity contribution in [3.05, 3.63) is 59.4 Å². The normalized spacial score (nSPS) is 10.2. The van der Waals surface area contributed by atoms with Crippen molar-refractivity contribution < 1.29 is 14.3 Å². The monoisotopic (exact) mass is 274 g/mol. The summed E-state index contributed by atoms with van der Waals surface area (Å²) in [7, 11) is 0. The maximum atomic E-state index is 13.4. The number of carboxylic acid groups (broad SMARTS) is 1. The lowest BCUT2D eigenvalue weighted by atomic mass is 10.1. The highest BCUT2D eigenvalue weighted by Gasteiger charge is 2.10. The van der Waals surface area contributed by atoms with Gasteiger partial charge in [-0.3, -0.25) is 0 Å². The molecule has 0 unspecified atom stereocenters. The number of hydrogen-bond acceptors (Lipinski definition) is 3. The largest absolute Gasteiger partial charge is 0.478 e. The number of anilines is 2. The summed E-state index contributed by atoms with van der Waals surface area (Å²) in [5.41, 5.74) is 7.13. The molecule has 20 heavy (non-hydrogen) atoms. The molecule has 0 bridgehead atoms. The molecule has 0 aromatic heterocycles. The van der Waals surface area contributed by atoms with E-state index in [0.29, 0.717) is 29.9 Å². The minimum Gasteiger partial charge on any atom is -0.478 e. The number of aromatic carboxylic acids is 1. The van der Waals surface area contributed by atoms with Crippen molar-refractivity contribution in [2.24, 2.45) is 0 Å². The van der Waals surface area contributed by atoms with Crippen LogP contribution in [-0.2, 0) is 6.42 Å². The Morgan fingerprint density at radius 1 is 1.25 bits per heavy atom. The number of nitrogens with one attached hydrogen (secondary N) is 1. The second kappa shape index (κ2) is 6.06. The molecule has 0 amide bonds. The smallest absolute Gasteiger partial charge is 0.337 e. The lowest BCUT2D eigenvalue weighted by Gasteiger charge is -2.10. The topological polar surface area (TPSA) is 75.3 Å². The van der Waals surface area contributed by atoms with Gasteiger partial charge < -0.3 is 16.2 Å². The van der Waals surface area contributed by atoms with Gasteiger partial charge in [-0.05, 0) is 36.2 Å². The Morgan fingerprint density at radius 3 is 2.70 bits per heavy atom. The van der Waals surface area contributed by atoms with Crippen LogP contribution in [0.4, 0.5) is 15.8 Å². The molecule has 0 spiro atoms. The minimum atomic E-state index is -1.05. The van der Waals surface area contributed by atoms with Crippen molar-refractivity contribution in [2.75, 3.05) is 17.6 Å². The summed E-state index contributed by atoms with van der Waals surface area (Å²) in [6.45, 7) is 0.436. The number of nitrogens with two attached hydrogens (primary N) is 1. The summed E-state index contributed by atoms with van der Waals surface area (Å²) in [6, 6.07) is 11.1. The van der Waals surface area contributed by atoms with Crippen LogP contribution in [0, 0.1) is 5.82 Å². The fraction of sp³-hybridized carbons (Fsp3) is 0.133. The zero-order chi connectivity index (χ0) is 14.5. The molecule has 0 saturated heterocycles. The summed E-state index contributed by atoms with van der Waals surface area (Å²) in [4.78, 5) is 11.1. The Labute approximate surface area is 116 Å². The molecular formula is C15H15FN2O2. The minimum absolute atomic E-state index is 0.110. The van der Waals surface area contributed by atoms with E-state index in [1.807, 2.05) is 0 Å². The molecule has 0 saturated carbocycles. The summed E-state index contributed by atoms with van der Waals surface area (Å²) < 4.78 is 13.4. The van der Waals surface area contributed by atoms with Gasteiger partial charge in [0, 0.05) is 17.9 Å². The van der Waals surface area contributed by atoms with Crippen LogP contribution in [0.25, 0.3) is 0 Å². The third kappa shape index (κ3) is 3.26. The predicted molar refractivity (Wildman–Crippen MR) is 76.4 cm³/mol. The Balaban J connectivity index is 2.05. The number of nitrogen functional groups attached to an aromatic ring is 1. The van der Waals surface area contributed by atoms with Crippen molar-refractivity contribution in [3.8, 4) is 0 Å². The van der Waals surface area contributed by atoms with Gasteiger partial charge in [-0.25, -0.2) is 9.18 Å². The van der Waals surface area contributed by atoms with Crippen LogP contribution in [0.3, 0.4) is 0 Å². The van der Waals surface area contributed by atoms with E-state index in [4.69, 9.17) is 10.8 Å². The lowest BCUT2D eigenvalue weighted by Crippen LogP contribution is -2.10. The van der Waals surface area contributed by atoms with E-state index < -0.39 is 5.97 Å². The first-order valence-corrected chi connectivity index (χ1v) is 6.18. The van der Waals surface area contributed by atoms with E-state index in [9.17, 15) is 9.18 Å². The van der Waals surface area contributed by atoms with Crippen molar-refractivity contribution in [3.63, 3.8) is 0 Å². The van der Waals surface area contributed by atoms with Gasteiger partial charge in [0.2, 0.25) is 0 Å². The standard InChI is InChI=1S/C15H15FN2O2/c16-13-4-2-1-3-10(13)7-8-18-14-6-5-11(17)9-12(14)15(19)20/h1-6,9,18H,7-8,17H2,(H,19,20). The molecule has 0 heterocycles. The Morgan fingerprint density at radius 2 is 2.00 bits per heavy atom. The number of carbonyl (C=O) groups is 1. The molecule has 2 aromatic rings. The first kappa shape index (κ1) is 13.9. The molecule has 0 radical (unpaired) electrons. The average molecular weight is 274 g/mol. The molecule has 2 rings (SSSR count). The van der Waals surface area contributed by atoms with E-state index in [-0.39, 0.29) is 11.4 Å². The summed E-state index contributed by atoms with van der Waals surface area (Å²) in [6.07, 6.45) is 0.468. The molecule has 4 N–H and O–H groups in total. The number of rotatable bonds is 5. The summed E-state index contributed by atoms with van der Waals surface area (Å²) >= 11 is 0. The molecule has 2 aromatic carbocycles. The van der Waals surface area contributed by atoms with Crippen LogP contribution in [0.1, 0.15) is 15.9 Å². The summed E-state index contributed by atoms with van der Waals surface area (Å²) in [5.74, 6) is -1.31. The van der Waals surface area contributed by atoms with Gasteiger partial charge in [-0.2, -0.15) is 0 Å². The van der Waals surface area contributed by atoms with Crippen LogP contribution in [-0.4, -0.2) is 17.6 Å². The highest BCUT2D eigenvalue weighted by molar-refractivity contribution is 5.95. The Kier molecular flexibility index (Phi) is 4.20. The van der Waals surface area contributed by atoms with Crippen LogP contribution in [0.15, 0.2) is 42.5 Å². The first-order chi connectivity index (χ1) is 9.58. The van der Waals surface area contributed by atoms with Crippen LogP contribution in [0.2, 0.25) is 0 Å². The van der Waals surface area contributed by atoms with Crippen molar-refractivity contribution in [1.82, 2.24) is 0 Å². The highest BCUT2D eigenvalue weighted by Crippen LogP contribution is 2.19. The number of carboxylic acids is 1. The second-order valence-electron chi connectivity index (χ2n) is 4.38. The fourth-order valence-electron chi connectivity index (χ4n) is 1.93. The van der Waals surface area contributed by atoms with Gasteiger partial charge in [0.1, 0.15) is 5.82 Å². The third-order valence-electron chi connectivity index (χ3n) is 2.94. The van der Waals surface area contributed by atoms with Crippen LogP contribution in [0.5, 0.6) is 0 Å². The van der Waals surface area contributed by atoms with Crippen LogP contribution >= 0.6 is 0 Å². The predicted octanol–water partition coefficient (Wildman–Crippen LogP) is 2.76. The lowest BCUT2D eigenvalue weighted by molar-refractivity contribution is 0.0698. The van der Waals surface area contributed by atoms with E-state index in [2.05, 4.69) is 5.32 Å².